The molecule has 0 saturated carbocycles. The van der Waals surface area contributed by atoms with Crippen molar-refractivity contribution in [1.29, 1.82) is 0 Å². The molecule has 0 bridgehead atoms. The summed E-state index contributed by atoms with van der Waals surface area (Å²) in [6.45, 7) is 5.15. The molecule has 138 valence electrons. The molecule has 1 aliphatic carbocycles. The molecule has 6 heteroatoms. The van der Waals surface area contributed by atoms with Crippen molar-refractivity contribution in [2.45, 2.75) is 58.3 Å². The first kappa shape index (κ1) is 18.4. The van der Waals surface area contributed by atoms with Crippen molar-refractivity contribution < 1.29 is 14.3 Å². The van der Waals surface area contributed by atoms with Crippen LogP contribution in [0.15, 0.2) is 0 Å². The fourth-order valence-electron chi connectivity index (χ4n) is 3.70. The van der Waals surface area contributed by atoms with Gasteiger partial charge in [0, 0.05) is 17.8 Å². The van der Waals surface area contributed by atoms with E-state index in [0.29, 0.717) is 23.6 Å². The zero-order valence-electron chi connectivity index (χ0n) is 15.1. The van der Waals surface area contributed by atoms with Gasteiger partial charge in [0.25, 0.3) is 0 Å². The molecular formula is C19H28N2O3S. The third-order valence-electron chi connectivity index (χ3n) is 5.01. The minimum Gasteiger partial charge on any atom is -0.462 e. The number of amides is 1. The van der Waals surface area contributed by atoms with Crippen molar-refractivity contribution in [3.05, 3.63) is 16.0 Å². The molecule has 1 saturated heterocycles. The summed E-state index contributed by atoms with van der Waals surface area (Å²) < 4.78 is 5.24. The van der Waals surface area contributed by atoms with Crippen LogP contribution >= 0.6 is 11.3 Å². The molecule has 1 amide bonds. The van der Waals surface area contributed by atoms with Crippen LogP contribution in [0.2, 0.25) is 0 Å². The van der Waals surface area contributed by atoms with Crippen LogP contribution in [0, 0.1) is 0 Å². The van der Waals surface area contributed by atoms with Crippen LogP contribution in [0.3, 0.4) is 0 Å². The summed E-state index contributed by atoms with van der Waals surface area (Å²) in [6.07, 6.45) is 8.38. The Balaban J connectivity index is 1.67. The number of likely N-dealkylation sites (tertiary alicyclic amines) is 1. The number of carbonyl (C=O) groups excluding carboxylic acids is 2. The van der Waals surface area contributed by atoms with E-state index in [1.807, 2.05) is 6.92 Å². The molecule has 1 aromatic rings. The Hall–Kier alpha value is -1.40. The van der Waals surface area contributed by atoms with E-state index in [9.17, 15) is 9.59 Å². The number of hydrogen-bond acceptors (Lipinski definition) is 5. The second-order valence-electron chi connectivity index (χ2n) is 6.84. The summed E-state index contributed by atoms with van der Waals surface area (Å²) in [5.41, 5.74) is 1.70. The minimum absolute atomic E-state index is 0.00489. The number of nitrogens with zero attached hydrogens (tertiary/aromatic N) is 1. The first-order chi connectivity index (χ1) is 12.2. The summed E-state index contributed by atoms with van der Waals surface area (Å²) >= 11 is 1.56. The molecule has 0 aromatic carbocycles. The lowest BCUT2D eigenvalue weighted by Gasteiger charge is -2.25. The Morgan fingerprint density at radius 2 is 1.88 bits per heavy atom. The average Bonchev–Trinajstić information content (AvgIpc) is 2.99. The summed E-state index contributed by atoms with van der Waals surface area (Å²) in [5, 5.41) is 3.69. The lowest BCUT2D eigenvalue weighted by Crippen LogP contribution is -2.32. The second kappa shape index (κ2) is 8.81. The maximum absolute atomic E-state index is 12.4. The number of nitrogens with one attached hydrogen (secondary N) is 1. The zero-order valence-corrected chi connectivity index (χ0v) is 15.9. The summed E-state index contributed by atoms with van der Waals surface area (Å²) in [7, 11) is 0. The van der Waals surface area contributed by atoms with E-state index < -0.39 is 0 Å². The maximum Gasteiger partial charge on any atom is 0.341 e. The van der Waals surface area contributed by atoms with Crippen LogP contribution < -0.4 is 5.32 Å². The topological polar surface area (TPSA) is 58.6 Å². The smallest absolute Gasteiger partial charge is 0.341 e. The van der Waals surface area contributed by atoms with Crippen LogP contribution in [-0.2, 0) is 22.4 Å². The molecule has 3 rings (SSSR count). The van der Waals surface area contributed by atoms with E-state index in [4.69, 9.17) is 4.74 Å². The van der Waals surface area contributed by atoms with Crippen LogP contribution in [0.25, 0.3) is 0 Å². The van der Waals surface area contributed by atoms with Gasteiger partial charge in [0.2, 0.25) is 5.91 Å². The largest absolute Gasteiger partial charge is 0.462 e. The third kappa shape index (κ3) is 4.61. The molecule has 5 nitrogen and oxygen atoms in total. The van der Waals surface area contributed by atoms with Gasteiger partial charge in [-0.25, -0.2) is 4.79 Å². The van der Waals surface area contributed by atoms with Crippen molar-refractivity contribution in [1.82, 2.24) is 4.90 Å². The van der Waals surface area contributed by atoms with Crippen molar-refractivity contribution in [2.24, 2.45) is 0 Å². The molecule has 2 aliphatic rings. The van der Waals surface area contributed by atoms with Gasteiger partial charge in [0.15, 0.2) is 0 Å². The summed E-state index contributed by atoms with van der Waals surface area (Å²) in [5.74, 6) is -0.303. The number of esters is 1. The molecule has 25 heavy (non-hydrogen) atoms. The van der Waals surface area contributed by atoms with Crippen LogP contribution in [0.4, 0.5) is 5.00 Å². The van der Waals surface area contributed by atoms with Gasteiger partial charge in [0.05, 0.1) is 12.2 Å². The van der Waals surface area contributed by atoms with E-state index in [0.717, 1.165) is 50.9 Å². The molecule has 1 N–H and O–H groups in total. The Morgan fingerprint density at radius 1 is 1.12 bits per heavy atom. The van der Waals surface area contributed by atoms with E-state index in [-0.39, 0.29) is 11.9 Å². The fraction of sp³-hybridized carbons (Fsp3) is 0.684. The first-order valence-corrected chi connectivity index (χ1v) is 10.3. The van der Waals surface area contributed by atoms with E-state index in [2.05, 4.69) is 10.2 Å². The number of aryl methyl sites for hydroxylation is 1. The SMILES string of the molecule is CCOC(=O)c1c(NC(=O)CCN2CCCCC2)sc2c1CCCC2. The maximum atomic E-state index is 12.4. The number of carbonyl (C=O) groups is 2. The average molecular weight is 365 g/mol. The van der Waals surface area contributed by atoms with Gasteiger partial charge in [-0.2, -0.15) is 0 Å². The monoisotopic (exact) mass is 364 g/mol. The number of fused-ring (bicyclic) bond motifs is 1. The van der Waals surface area contributed by atoms with Crippen molar-refractivity contribution in [3.63, 3.8) is 0 Å². The lowest BCUT2D eigenvalue weighted by atomic mass is 9.95. The van der Waals surface area contributed by atoms with Gasteiger partial charge in [-0.15, -0.1) is 11.3 Å². The standard InChI is InChI=1S/C19H28N2O3S/c1-2-24-19(23)17-14-8-4-5-9-15(14)25-18(17)20-16(22)10-13-21-11-6-3-7-12-21/h2-13H2,1H3,(H,20,22). The fourth-order valence-corrected chi connectivity index (χ4v) is 5.00. The van der Waals surface area contributed by atoms with E-state index in [1.54, 1.807) is 11.3 Å². The zero-order chi connectivity index (χ0) is 17.6. The quantitative estimate of drug-likeness (QED) is 0.783. The summed E-state index contributed by atoms with van der Waals surface area (Å²) in [6, 6.07) is 0. The molecule has 1 aliphatic heterocycles. The van der Waals surface area contributed by atoms with Crippen molar-refractivity contribution >= 4 is 28.2 Å². The lowest BCUT2D eigenvalue weighted by molar-refractivity contribution is -0.116. The second-order valence-corrected chi connectivity index (χ2v) is 7.94. The van der Waals surface area contributed by atoms with Gasteiger partial charge >= 0.3 is 5.97 Å². The third-order valence-corrected chi connectivity index (χ3v) is 6.21. The number of ether oxygens (including phenoxy) is 1. The Kier molecular flexibility index (Phi) is 6.48. The van der Waals surface area contributed by atoms with Crippen molar-refractivity contribution in [3.8, 4) is 0 Å². The predicted molar refractivity (Wildman–Crippen MR) is 100 cm³/mol. The number of thiophene rings is 1. The van der Waals surface area contributed by atoms with Gasteiger partial charge in [-0.05, 0) is 64.1 Å². The Bertz CT molecular complexity index is 620. The van der Waals surface area contributed by atoms with Gasteiger partial charge in [-0.3, -0.25) is 4.79 Å². The highest BCUT2D eigenvalue weighted by atomic mass is 32.1. The molecule has 2 heterocycles. The minimum atomic E-state index is -0.298. The number of anilines is 1. The molecule has 1 fully saturated rings. The number of hydrogen-bond donors (Lipinski definition) is 1. The van der Waals surface area contributed by atoms with Gasteiger partial charge < -0.3 is 15.0 Å². The first-order valence-electron chi connectivity index (χ1n) is 9.53. The molecule has 0 spiro atoms. The highest BCUT2D eigenvalue weighted by Crippen LogP contribution is 2.38. The van der Waals surface area contributed by atoms with Gasteiger partial charge in [-0.1, -0.05) is 6.42 Å². The summed E-state index contributed by atoms with van der Waals surface area (Å²) in [4.78, 5) is 28.4. The highest BCUT2D eigenvalue weighted by Gasteiger charge is 2.27. The van der Waals surface area contributed by atoms with Crippen LogP contribution in [-0.4, -0.2) is 43.0 Å². The molecule has 0 unspecified atom stereocenters. The molecule has 1 aromatic heterocycles. The number of rotatable bonds is 6. The van der Waals surface area contributed by atoms with Crippen LogP contribution in [0.1, 0.15) is 66.2 Å². The van der Waals surface area contributed by atoms with Crippen LogP contribution in [0.5, 0.6) is 0 Å². The Morgan fingerprint density at radius 3 is 2.64 bits per heavy atom. The highest BCUT2D eigenvalue weighted by molar-refractivity contribution is 7.17. The van der Waals surface area contributed by atoms with E-state index >= 15 is 0 Å². The predicted octanol–water partition coefficient (Wildman–Crippen LogP) is 3.62. The van der Waals surface area contributed by atoms with Gasteiger partial charge in [0.1, 0.15) is 5.00 Å². The Labute approximate surface area is 153 Å². The number of piperidine rings is 1. The molecule has 0 radical (unpaired) electrons. The molecular weight excluding hydrogens is 336 g/mol. The van der Waals surface area contributed by atoms with Crippen molar-refractivity contribution in [2.75, 3.05) is 31.6 Å². The normalized spacial score (nSPS) is 17.8. The van der Waals surface area contributed by atoms with E-state index in [1.165, 1.54) is 24.1 Å². The molecule has 0 atom stereocenters.